The number of nitrogens with one attached hydrogen (secondary N) is 1. The number of para-hydroxylation sites is 1. The number of aryl methyl sites for hydroxylation is 1. The van der Waals surface area contributed by atoms with Gasteiger partial charge in [-0.05, 0) is 74.9 Å². The maximum atomic E-state index is 13.3. The van der Waals surface area contributed by atoms with Crippen LogP contribution in [0, 0.1) is 12.8 Å². The first-order valence-corrected chi connectivity index (χ1v) is 11.5. The SMILES string of the molecule is CCOC(=O)C1CCN([C@H](c2cc3cccc(C)c3[nH]c2=O)c2nnnn2C(C)(C)C)CC1. The number of esters is 1. The topological polar surface area (TPSA) is 106 Å². The predicted molar refractivity (Wildman–Crippen MR) is 125 cm³/mol. The van der Waals surface area contributed by atoms with E-state index in [-0.39, 0.29) is 23.0 Å². The molecule has 1 N–H and O–H groups in total. The minimum absolute atomic E-state index is 0.127. The molecule has 9 heteroatoms. The first kappa shape index (κ1) is 23.1. The number of hydrogen-bond donors (Lipinski definition) is 1. The zero-order chi connectivity index (χ0) is 23.8. The lowest BCUT2D eigenvalue weighted by atomic mass is 9.93. The van der Waals surface area contributed by atoms with Crippen LogP contribution in [0.25, 0.3) is 10.9 Å². The number of nitrogens with zero attached hydrogens (tertiary/aromatic N) is 5. The number of aromatic nitrogens is 5. The number of aromatic amines is 1. The fourth-order valence-corrected chi connectivity index (χ4v) is 4.60. The molecule has 1 aliphatic heterocycles. The summed E-state index contributed by atoms with van der Waals surface area (Å²) in [7, 11) is 0. The molecule has 0 radical (unpaired) electrons. The first-order valence-electron chi connectivity index (χ1n) is 11.5. The van der Waals surface area contributed by atoms with Crippen molar-refractivity contribution in [2.45, 2.75) is 59.0 Å². The van der Waals surface area contributed by atoms with Crippen LogP contribution in [0.2, 0.25) is 0 Å². The van der Waals surface area contributed by atoms with Gasteiger partial charge < -0.3 is 9.72 Å². The van der Waals surface area contributed by atoms with Gasteiger partial charge in [-0.1, -0.05) is 18.2 Å². The molecule has 1 aliphatic rings. The molecule has 0 bridgehead atoms. The molecule has 33 heavy (non-hydrogen) atoms. The lowest BCUT2D eigenvalue weighted by Gasteiger charge is -2.37. The highest BCUT2D eigenvalue weighted by atomic mass is 16.5. The van der Waals surface area contributed by atoms with Crippen LogP contribution in [0.3, 0.4) is 0 Å². The van der Waals surface area contributed by atoms with Gasteiger partial charge in [0, 0.05) is 18.7 Å². The predicted octanol–water partition coefficient (Wildman–Crippen LogP) is 2.94. The minimum atomic E-state index is -0.434. The first-order chi connectivity index (χ1) is 15.7. The van der Waals surface area contributed by atoms with Crippen molar-refractivity contribution in [3.05, 3.63) is 51.6 Å². The van der Waals surface area contributed by atoms with Crippen molar-refractivity contribution in [2.75, 3.05) is 19.7 Å². The van der Waals surface area contributed by atoms with E-state index >= 15 is 0 Å². The summed E-state index contributed by atoms with van der Waals surface area (Å²) in [4.78, 5) is 30.9. The van der Waals surface area contributed by atoms with Gasteiger partial charge in [0.15, 0.2) is 5.82 Å². The molecule has 1 aromatic carbocycles. The number of carbonyl (C=O) groups excluding carboxylic acids is 1. The number of tetrazole rings is 1. The summed E-state index contributed by atoms with van der Waals surface area (Å²) in [5, 5.41) is 13.5. The maximum absolute atomic E-state index is 13.3. The zero-order valence-corrected chi connectivity index (χ0v) is 20.0. The molecular formula is C24H32N6O3. The molecule has 4 rings (SSSR count). The largest absolute Gasteiger partial charge is 0.466 e. The third kappa shape index (κ3) is 4.55. The molecule has 176 valence electrons. The summed E-state index contributed by atoms with van der Waals surface area (Å²) in [6, 6.07) is 7.48. The fourth-order valence-electron chi connectivity index (χ4n) is 4.60. The van der Waals surface area contributed by atoms with Crippen molar-refractivity contribution in [3.63, 3.8) is 0 Å². The van der Waals surface area contributed by atoms with E-state index < -0.39 is 6.04 Å². The Balaban J connectivity index is 1.78. The van der Waals surface area contributed by atoms with E-state index in [4.69, 9.17) is 4.74 Å². The standard InChI is InChI=1S/C24H32N6O3/c1-6-33-23(32)16-10-12-29(13-11-16)20(21-26-27-28-30(21)24(3,4)5)18-14-17-9-7-8-15(2)19(17)25-22(18)31/h7-9,14,16,20H,6,10-13H2,1-5H3,(H,25,31)/t20-/m1/s1. The van der Waals surface area contributed by atoms with E-state index in [0.717, 1.165) is 16.5 Å². The van der Waals surface area contributed by atoms with Gasteiger partial charge in [0.2, 0.25) is 0 Å². The van der Waals surface area contributed by atoms with Gasteiger partial charge in [-0.2, -0.15) is 0 Å². The molecule has 0 saturated carbocycles. The van der Waals surface area contributed by atoms with E-state index in [9.17, 15) is 9.59 Å². The Labute approximate surface area is 193 Å². The monoisotopic (exact) mass is 452 g/mol. The summed E-state index contributed by atoms with van der Waals surface area (Å²) in [5.74, 6) is 0.347. The number of ether oxygens (including phenoxy) is 1. The van der Waals surface area contributed by atoms with Crippen molar-refractivity contribution in [3.8, 4) is 0 Å². The average Bonchev–Trinajstić information content (AvgIpc) is 3.26. The smallest absolute Gasteiger partial charge is 0.309 e. The molecule has 3 heterocycles. The average molecular weight is 453 g/mol. The van der Waals surface area contributed by atoms with Crippen molar-refractivity contribution in [2.24, 2.45) is 5.92 Å². The Hall–Kier alpha value is -3.07. The quantitative estimate of drug-likeness (QED) is 0.593. The van der Waals surface area contributed by atoms with Gasteiger partial charge in [-0.25, -0.2) is 4.68 Å². The molecule has 1 fully saturated rings. The number of hydrogen-bond acceptors (Lipinski definition) is 7. The summed E-state index contributed by atoms with van der Waals surface area (Å²) in [6.45, 7) is 11.6. The highest BCUT2D eigenvalue weighted by Crippen LogP contribution is 2.33. The number of rotatable bonds is 5. The van der Waals surface area contributed by atoms with Gasteiger partial charge in [0.25, 0.3) is 5.56 Å². The molecule has 0 unspecified atom stereocenters. The number of likely N-dealkylation sites (tertiary alicyclic amines) is 1. The molecule has 0 spiro atoms. The van der Waals surface area contributed by atoms with Crippen molar-refractivity contribution in [1.29, 1.82) is 0 Å². The number of piperidine rings is 1. The number of carbonyl (C=O) groups is 1. The normalized spacial score (nSPS) is 16.8. The Morgan fingerprint density at radius 2 is 2.00 bits per heavy atom. The van der Waals surface area contributed by atoms with Crippen molar-refractivity contribution >= 4 is 16.9 Å². The van der Waals surface area contributed by atoms with Crippen molar-refractivity contribution < 1.29 is 9.53 Å². The van der Waals surface area contributed by atoms with Crippen molar-refractivity contribution in [1.82, 2.24) is 30.1 Å². The van der Waals surface area contributed by atoms with E-state index in [0.29, 0.717) is 43.9 Å². The summed E-state index contributed by atoms with van der Waals surface area (Å²) >= 11 is 0. The van der Waals surface area contributed by atoms with Gasteiger partial charge >= 0.3 is 5.97 Å². The van der Waals surface area contributed by atoms with Crippen LogP contribution in [0.15, 0.2) is 29.1 Å². The van der Waals surface area contributed by atoms with Crippen LogP contribution < -0.4 is 5.56 Å². The minimum Gasteiger partial charge on any atom is -0.466 e. The Morgan fingerprint density at radius 1 is 1.27 bits per heavy atom. The van der Waals surface area contributed by atoms with E-state index in [1.807, 2.05) is 58.9 Å². The molecule has 9 nitrogen and oxygen atoms in total. The van der Waals surface area contributed by atoms with Crippen LogP contribution in [0.4, 0.5) is 0 Å². The maximum Gasteiger partial charge on any atom is 0.309 e. The Morgan fingerprint density at radius 3 is 2.67 bits per heavy atom. The second-order valence-corrected chi connectivity index (χ2v) is 9.68. The zero-order valence-electron chi connectivity index (χ0n) is 20.0. The van der Waals surface area contributed by atoms with E-state index in [1.54, 1.807) is 4.68 Å². The lowest BCUT2D eigenvalue weighted by Crippen LogP contribution is -2.43. The van der Waals surface area contributed by atoms with Gasteiger partial charge in [-0.3, -0.25) is 14.5 Å². The van der Waals surface area contributed by atoms with Crippen LogP contribution in [-0.4, -0.2) is 55.8 Å². The molecule has 3 aromatic rings. The Bertz CT molecular complexity index is 1200. The summed E-state index contributed by atoms with van der Waals surface area (Å²) in [5.41, 5.74) is 1.94. The van der Waals surface area contributed by atoms with Gasteiger partial charge in [-0.15, -0.1) is 5.10 Å². The number of benzene rings is 1. The Kier molecular flexibility index (Phi) is 6.34. The second kappa shape index (κ2) is 9.05. The lowest BCUT2D eigenvalue weighted by molar-refractivity contribution is -0.149. The van der Waals surface area contributed by atoms with Gasteiger partial charge in [0.05, 0.1) is 23.6 Å². The highest BCUT2D eigenvalue weighted by molar-refractivity contribution is 5.82. The third-order valence-corrected chi connectivity index (χ3v) is 6.30. The van der Waals surface area contributed by atoms with Gasteiger partial charge in [0.1, 0.15) is 6.04 Å². The molecule has 1 atom stereocenters. The molecule has 0 amide bonds. The van der Waals surface area contributed by atoms with E-state index in [1.165, 1.54) is 0 Å². The molecule has 0 aliphatic carbocycles. The number of pyridine rings is 1. The summed E-state index contributed by atoms with van der Waals surface area (Å²) < 4.78 is 7.01. The van der Waals surface area contributed by atoms with Crippen LogP contribution >= 0.6 is 0 Å². The molecular weight excluding hydrogens is 420 g/mol. The third-order valence-electron chi connectivity index (χ3n) is 6.30. The van der Waals surface area contributed by atoms with Crippen LogP contribution in [0.1, 0.15) is 63.5 Å². The number of fused-ring (bicyclic) bond motifs is 1. The summed E-state index contributed by atoms with van der Waals surface area (Å²) in [6.07, 6.45) is 1.33. The molecule has 1 saturated heterocycles. The van der Waals surface area contributed by atoms with Crippen LogP contribution in [0.5, 0.6) is 0 Å². The van der Waals surface area contributed by atoms with Crippen LogP contribution in [-0.2, 0) is 15.1 Å². The molecule has 2 aromatic heterocycles. The second-order valence-electron chi connectivity index (χ2n) is 9.68. The fraction of sp³-hybridized carbons (Fsp3) is 0.542. The number of H-pyrrole nitrogens is 1. The van der Waals surface area contributed by atoms with E-state index in [2.05, 4.69) is 25.4 Å². The highest BCUT2D eigenvalue weighted by Gasteiger charge is 2.36.